The van der Waals surface area contributed by atoms with E-state index < -0.39 is 17.4 Å². The molecule has 0 fully saturated rings. The number of carboxylic acid groups (broad SMARTS) is 1. The second-order valence-corrected chi connectivity index (χ2v) is 5.20. The number of rotatable bonds is 6. The summed E-state index contributed by atoms with van der Waals surface area (Å²) in [6, 6.07) is 3.30. The predicted octanol–water partition coefficient (Wildman–Crippen LogP) is 2.18. The van der Waals surface area contributed by atoms with Gasteiger partial charge >= 0.3 is 5.97 Å². The summed E-state index contributed by atoms with van der Waals surface area (Å²) in [5.74, 6) is -1.44. The summed E-state index contributed by atoms with van der Waals surface area (Å²) in [6.45, 7) is 3.40. The van der Waals surface area contributed by atoms with E-state index in [1.807, 2.05) is 13.2 Å². The van der Waals surface area contributed by atoms with E-state index in [1.165, 1.54) is 18.7 Å². The van der Waals surface area contributed by atoms with Crippen molar-refractivity contribution in [1.82, 2.24) is 10.3 Å². The van der Waals surface area contributed by atoms with Gasteiger partial charge in [0.15, 0.2) is 0 Å². The number of carbonyl (C=O) groups excluding carboxylic acids is 1. The molecule has 0 aromatic carbocycles. The third-order valence-electron chi connectivity index (χ3n) is 2.82. The highest BCUT2D eigenvalue weighted by Crippen LogP contribution is 2.19. The van der Waals surface area contributed by atoms with Crippen molar-refractivity contribution in [2.24, 2.45) is 0 Å². The molecule has 1 heterocycles. The number of thioether (sulfide) groups is 1. The fourth-order valence-corrected chi connectivity index (χ4v) is 2.31. The molecule has 0 spiro atoms. The minimum Gasteiger partial charge on any atom is -0.480 e. The van der Waals surface area contributed by atoms with Crippen molar-refractivity contribution in [2.75, 3.05) is 6.26 Å². The molecule has 1 aromatic rings. The van der Waals surface area contributed by atoms with Crippen molar-refractivity contribution in [3.8, 4) is 0 Å². The van der Waals surface area contributed by atoms with E-state index in [1.54, 1.807) is 18.3 Å². The first-order chi connectivity index (χ1) is 8.94. The van der Waals surface area contributed by atoms with Crippen LogP contribution in [0, 0.1) is 0 Å². The number of hydrogen-bond acceptors (Lipinski definition) is 4. The van der Waals surface area contributed by atoms with Crippen LogP contribution < -0.4 is 5.32 Å². The van der Waals surface area contributed by atoms with Gasteiger partial charge in [0.25, 0.3) is 5.91 Å². The Morgan fingerprint density at radius 3 is 2.74 bits per heavy atom. The largest absolute Gasteiger partial charge is 0.480 e. The van der Waals surface area contributed by atoms with Gasteiger partial charge < -0.3 is 10.4 Å². The molecule has 0 aliphatic carbocycles. The zero-order chi connectivity index (χ0) is 14.5. The van der Waals surface area contributed by atoms with E-state index in [9.17, 15) is 14.7 Å². The lowest BCUT2D eigenvalue weighted by Crippen LogP contribution is -2.52. The molecule has 0 saturated heterocycles. The lowest BCUT2D eigenvalue weighted by molar-refractivity contribution is -0.144. The molecule has 1 unspecified atom stereocenters. The van der Waals surface area contributed by atoms with Gasteiger partial charge in [-0.1, -0.05) is 13.3 Å². The SMILES string of the molecule is CCCC(C)(NC(=O)c1cccnc1SC)C(=O)O. The number of nitrogens with zero attached hydrogens (tertiary/aromatic N) is 1. The zero-order valence-corrected chi connectivity index (χ0v) is 12.1. The van der Waals surface area contributed by atoms with Gasteiger partial charge in [-0.05, 0) is 31.7 Å². The fourth-order valence-electron chi connectivity index (χ4n) is 1.77. The molecule has 0 radical (unpaired) electrons. The molecule has 5 nitrogen and oxygen atoms in total. The van der Waals surface area contributed by atoms with Crippen LogP contribution in [0.3, 0.4) is 0 Å². The number of carboxylic acids is 1. The maximum Gasteiger partial charge on any atom is 0.329 e. The normalized spacial score (nSPS) is 13.6. The molecular formula is C13H18N2O3S. The van der Waals surface area contributed by atoms with Crippen molar-refractivity contribution in [2.45, 2.75) is 37.3 Å². The maximum atomic E-state index is 12.2. The number of aliphatic carboxylic acids is 1. The molecule has 6 heteroatoms. The summed E-state index contributed by atoms with van der Waals surface area (Å²) in [5.41, 5.74) is -0.851. The monoisotopic (exact) mass is 282 g/mol. The molecule has 0 aliphatic rings. The molecule has 1 amide bonds. The number of nitrogens with one attached hydrogen (secondary N) is 1. The molecule has 2 N–H and O–H groups in total. The Kier molecular flexibility index (Phi) is 5.35. The van der Waals surface area contributed by atoms with E-state index in [2.05, 4.69) is 10.3 Å². The maximum absolute atomic E-state index is 12.2. The van der Waals surface area contributed by atoms with Crippen molar-refractivity contribution >= 4 is 23.6 Å². The smallest absolute Gasteiger partial charge is 0.329 e. The van der Waals surface area contributed by atoms with Crippen LogP contribution in [-0.2, 0) is 4.79 Å². The Hall–Kier alpha value is -1.56. The lowest BCUT2D eigenvalue weighted by Gasteiger charge is -2.26. The lowest BCUT2D eigenvalue weighted by atomic mass is 9.96. The molecule has 1 aromatic heterocycles. The van der Waals surface area contributed by atoms with Crippen molar-refractivity contribution in [3.63, 3.8) is 0 Å². The number of carbonyl (C=O) groups is 2. The Morgan fingerprint density at radius 1 is 1.53 bits per heavy atom. The number of hydrogen-bond donors (Lipinski definition) is 2. The first-order valence-corrected chi connectivity index (χ1v) is 7.22. The molecule has 1 atom stereocenters. The van der Waals surface area contributed by atoms with E-state index in [0.717, 1.165) is 0 Å². The van der Waals surface area contributed by atoms with Crippen LogP contribution in [0.4, 0.5) is 0 Å². The van der Waals surface area contributed by atoms with E-state index >= 15 is 0 Å². The van der Waals surface area contributed by atoms with Gasteiger partial charge in [-0.25, -0.2) is 9.78 Å². The first kappa shape index (κ1) is 15.5. The summed E-state index contributed by atoms with van der Waals surface area (Å²) in [7, 11) is 0. The first-order valence-electron chi connectivity index (χ1n) is 5.99. The Bertz CT molecular complexity index is 479. The standard InChI is InChI=1S/C13H18N2O3S/c1-4-7-13(2,12(17)18)15-10(16)9-6-5-8-14-11(9)19-3/h5-6,8H,4,7H2,1-3H3,(H,15,16)(H,17,18). The molecule has 0 aliphatic heterocycles. The highest BCUT2D eigenvalue weighted by molar-refractivity contribution is 7.98. The second-order valence-electron chi connectivity index (χ2n) is 4.40. The van der Waals surface area contributed by atoms with Gasteiger partial charge in [-0.2, -0.15) is 0 Å². The predicted molar refractivity (Wildman–Crippen MR) is 74.4 cm³/mol. The van der Waals surface area contributed by atoms with Crippen LogP contribution in [0.1, 0.15) is 37.0 Å². The minimum absolute atomic E-state index is 0.378. The van der Waals surface area contributed by atoms with Crippen LogP contribution in [-0.4, -0.2) is 33.8 Å². The Balaban J connectivity index is 2.97. The van der Waals surface area contributed by atoms with Crippen LogP contribution in [0.5, 0.6) is 0 Å². The fraction of sp³-hybridized carbons (Fsp3) is 0.462. The second kappa shape index (κ2) is 6.56. The Morgan fingerprint density at radius 2 is 2.21 bits per heavy atom. The van der Waals surface area contributed by atoms with Gasteiger partial charge in [-0.3, -0.25) is 4.79 Å². The van der Waals surface area contributed by atoms with Crippen LogP contribution in [0.2, 0.25) is 0 Å². The summed E-state index contributed by atoms with van der Waals surface area (Å²) >= 11 is 1.35. The van der Waals surface area contributed by atoms with Gasteiger partial charge in [0, 0.05) is 6.20 Å². The molecule has 1 rings (SSSR count). The molecule has 0 saturated carbocycles. The van der Waals surface area contributed by atoms with Gasteiger partial charge in [0.2, 0.25) is 0 Å². The third-order valence-corrected chi connectivity index (χ3v) is 3.53. The average molecular weight is 282 g/mol. The molecular weight excluding hydrogens is 264 g/mol. The van der Waals surface area contributed by atoms with Gasteiger partial charge in [0.1, 0.15) is 10.6 Å². The average Bonchev–Trinajstić information content (AvgIpc) is 2.38. The quantitative estimate of drug-likeness (QED) is 0.782. The van der Waals surface area contributed by atoms with Gasteiger partial charge in [-0.15, -0.1) is 11.8 Å². The highest BCUT2D eigenvalue weighted by Gasteiger charge is 2.34. The molecule has 0 bridgehead atoms. The third kappa shape index (κ3) is 3.70. The van der Waals surface area contributed by atoms with E-state index in [4.69, 9.17) is 0 Å². The summed E-state index contributed by atoms with van der Waals surface area (Å²) in [4.78, 5) is 27.6. The van der Waals surface area contributed by atoms with Crippen LogP contribution in [0.25, 0.3) is 0 Å². The van der Waals surface area contributed by atoms with Crippen LogP contribution >= 0.6 is 11.8 Å². The van der Waals surface area contributed by atoms with Gasteiger partial charge in [0.05, 0.1) is 5.56 Å². The van der Waals surface area contributed by atoms with Crippen molar-refractivity contribution < 1.29 is 14.7 Å². The molecule has 104 valence electrons. The molecule has 19 heavy (non-hydrogen) atoms. The van der Waals surface area contributed by atoms with Crippen LogP contribution in [0.15, 0.2) is 23.4 Å². The number of aromatic nitrogens is 1. The number of amides is 1. The van der Waals surface area contributed by atoms with E-state index in [-0.39, 0.29) is 0 Å². The topological polar surface area (TPSA) is 79.3 Å². The zero-order valence-electron chi connectivity index (χ0n) is 11.3. The van der Waals surface area contributed by atoms with Crippen molar-refractivity contribution in [1.29, 1.82) is 0 Å². The number of pyridine rings is 1. The van der Waals surface area contributed by atoms with Crippen molar-refractivity contribution in [3.05, 3.63) is 23.9 Å². The highest BCUT2D eigenvalue weighted by atomic mass is 32.2. The minimum atomic E-state index is -1.25. The summed E-state index contributed by atoms with van der Waals surface area (Å²) < 4.78 is 0. The summed E-state index contributed by atoms with van der Waals surface area (Å²) in [5, 5.41) is 12.4. The van der Waals surface area contributed by atoms with E-state index in [0.29, 0.717) is 23.4 Å². The Labute approximate surface area is 116 Å². The summed E-state index contributed by atoms with van der Waals surface area (Å²) in [6.07, 6.45) is 4.47.